The summed E-state index contributed by atoms with van der Waals surface area (Å²) >= 11 is 0. The van der Waals surface area contributed by atoms with Crippen molar-refractivity contribution in [1.82, 2.24) is 19.3 Å². The Kier molecular flexibility index (Phi) is 3.91. The average Bonchev–Trinajstić information content (AvgIpc) is 3.30. The molecular formula is C21H20N4O3. The summed E-state index contributed by atoms with van der Waals surface area (Å²) in [6, 6.07) is 8.03. The summed E-state index contributed by atoms with van der Waals surface area (Å²) in [6.45, 7) is 6.22. The van der Waals surface area contributed by atoms with Crippen molar-refractivity contribution in [2.24, 2.45) is 0 Å². The summed E-state index contributed by atoms with van der Waals surface area (Å²) in [6.07, 6.45) is 3.61. The lowest BCUT2D eigenvalue weighted by Crippen LogP contribution is -2.41. The van der Waals surface area contributed by atoms with Crippen molar-refractivity contribution < 1.29 is 13.9 Å². The van der Waals surface area contributed by atoms with Gasteiger partial charge in [-0.3, -0.25) is 9.20 Å². The molecule has 1 amide bonds. The van der Waals surface area contributed by atoms with Gasteiger partial charge in [-0.2, -0.15) is 0 Å². The number of oxazole rings is 1. The standard InChI is InChI=1S/C21H20N4O3/c1-13-9-16(10-17-20(13)28-14(2)23-17)15-3-4-19-22-11-18(25(19)12-15)21(26)24-5-7-27-8-6-24/h3-4,9-12H,5-8H2,1-2H3. The minimum atomic E-state index is -0.0216. The van der Waals surface area contributed by atoms with Crippen LogP contribution in [0.25, 0.3) is 27.9 Å². The smallest absolute Gasteiger partial charge is 0.272 e. The van der Waals surface area contributed by atoms with Gasteiger partial charge in [-0.1, -0.05) is 0 Å². The van der Waals surface area contributed by atoms with Gasteiger partial charge in [0.15, 0.2) is 11.5 Å². The summed E-state index contributed by atoms with van der Waals surface area (Å²) in [5.41, 5.74) is 6.01. The van der Waals surface area contributed by atoms with Crippen molar-refractivity contribution in [1.29, 1.82) is 0 Å². The Labute approximate surface area is 161 Å². The predicted octanol–water partition coefficient (Wildman–Crippen LogP) is 3.23. The summed E-state index contributed by atoms with van der Waals surface area (Å²) < 4.78 is 12.9. The molecule has 0 unspecified atom stereocenters. The van der Waals surface area contributed by atoms with Gasteiger partial charge in [0, 0.05) is 26.2 Å². The van der Waals surface area contributed by atoms with E-state index in [1.54, 1.807) is 6.20 Å². The molecule has 28 heavy (non-hydrogen) atoms. The highest BCUT2D eigenvalue weighted by molar-refractivity contribution is 5.93. The van der Waals surface area contributed by atoms with E-state index in [0.29, 0.717) is 37.9 Å². The number of ether oxygens (including phenoxy) is 1. The van der Waals surface area contributed by atoms with Crippen molar-refractivity contribution in [3.63, 3.8) is 0 Å². The Balaban J connectivity index is 1.59. The highest BCUT2D eigenvalue weighted by Crippen LogP contribution is 2.28. The second kappa shape index (κ2) is 6.45. The first-order chi connectivity index (χ1) is 13.6. The van der Waals surface area contributed by atoms with Crippen molar-refractivity contribution in [2.75, 3.05) is 26.3 Å². The van der Waals surface area contributed by atoms with Crippen LogP contribution in [0.3, 0.4) is 0 Å². The van der Waals surface area contributed by atoms with Gasteiger partial charge in [0.1, 0.15) is 16.9 Å². The fraction of sp³-hybridized carbons (Fsp3) is 0.286. The highest BCUT2D eigenvalue weighted by Gasteiger charge is 2.22. The van der Waals surface area contributed by atoms with Crippen molar-refractivity contribution >= 4 is 22.7 Å². The van der Waals surface area contributed by atoms with Crippen LogP contribution in [0.5, 0.6) is 0 Å². The molecule has 4 aromatic rings. The molecule has 1 aliphatic rings. The summed E-state index contributed by atoms with van der Waals surface area (Å²) in [5, 5.41) is 0. The number of rotatable bonds is 2. The molecule has 0 saturated carbocycles. The zero-order chi connectivity index (χ0) is 19.3. The molecule has 0 bridgehead atoms. The lowest BCUT2D eigenvalue weighted by atomic mass is 10.0. The van der Waals surface area contributed by atoms with E-state index in [9.17, 15) is 4.79 Å². The number of fused-ring (bicyclic) bond motifs is 2. The fourth-order valence-corrected chi connectivity index (χ4v) is 3.72. The Bertz CT molecular complexity index is 1200. The first-order valence-corrected chi connectivity index (χ1v) is 9.32. The molecule has 3 aromatic heterocycles. The van der Waals surface area contributed by atoms with Crippen LogP contribution >= 0.6 is 0 Å². The van der Waals surface area contributed by atoms with E-state index in [1.807, 2.05) is 47.5 Å². The molecule has 0 aliphatic carbocycles. The molecule has 5 rings (SSSR count). The molecule has 0 N–H and O–H groups in total. The van der Waals surface area contributed by atoms with Crippen LogP contribution in [0.15, 0.2) is 41.1 Å². The third kappa shape index (κ3) is 2.75. The number of benzene rings is 1. The number of hydrogen-bond donors (Lipinski definition) is 0. The topological polar surface area (TPSA) is 72.9 Å². The maximum Gasteiger partial charge on any atom is 0.272 e. The van der Waals surface area contributed by atoms with Crippen LogP contribution in [0.2, 0.25) is 0 Å². The molecule has 7 heteroatoms. The molecular weight excluding hydrogens is 356 g/mol. The first-order valence-electron chi connectivity index (χ1n) is 9.32. The second-order valence-corrected chi connectivity index (χ2v) is 7.07. The normalized spacial score (nSPS) is 14.9. The van der Waals surface area contributed by atoms with E-state index >= 15 is 0 Å². The molecule has 1 aliphatic heterocycles. The van der Waals surface area contributed by atoms with E-state index in [0.717, 1.165) is 33.4 Å². The van der Waals surface area contributed by atoms with Gasteiger partial charge in [-0.15, -0.1) is 0 Å². The van der Waals surface area contributed by atoms with E-state index in [1.165, 1.54) is 0 Å². The van der Waals surface area contributed by atoms with Crippen molar-refractivity contribution in [3.05, 3.63) is 53.8 Å². The number of amides is 1. The molecule has 1 aromatic carbocycles. The van der Waals surface area contributed by atoms with Crippen LogP contribution in [-0.4, -0.2) is 51.5 Å². The lowest BCUT2D eigenvalue weighted by Gasteiger charge is -2.26. The predicted molar refractivity (Wildman–Crippen MR) is 104 cm³/mol. The third-order valence-electron chi connectivity index (χ3n) is 5.14. The number of carbonyl (C=O) groups excluding carboxylic acids is 1. The average molecular weight is 376 g/mol. The zero-order valence-corrected chi connectivity index (χ0v) is 15.8. The Morgan fingerprint density at radius 3 is 2.75 bits per heavy atom. The van der Waals surface area contributed by atoms with Crippen LogP contribution in [-0.2, 0) is 4.74 Å². The molecule has 0 atom stereocenters. The maximum absolute atomic E-state index is 12.9. The quantitative estimate of drug-likeness (QED) is 0.537. The number of hydrogen-bond acceptors (Lipinski definition) is 5. The van der Waals surface area contributed by atoms with Crippen LogP contribution in [0.1, 0.15) is 21.9 Å². The zero-order valence-electron chi connectivity index (χ0n) is 15.8. The maximum atomic E-state index is 12.9. The van der Waals surface area contributed by atoms with E-state index < -0.39 is 0 Å². The van der Waals surface area contributed by atoms with Gasteiger partial charge in [-0.25, -0.2) is 9.97 Å². The van der Waals surface area contributed by atoms with Crippen LogP contribution < -0.4 is 0 Å². The van der Waals surface area contributed by atoms with Gasteiger partial charge in [0.25, 0.3) is 5.91 Å². The van der Waals surface area contributed by atoms with E-state index in [2.05, 4.69) is 16.0 Å². The number of pyridine rings is 1. The number of aryl methyl sites for hydroxylation is 2. The lowest BCUT2D eigenvalue weighted by molar-refractivity contribution is 0.0298. The molecule has 4 heterocycles. The molecule has 142 valence electrons. The van der Waals surface area contributed by atoms with E-state index in [4.69, 9.17) is 9.15 Å². The van der Waals surface area contributed by atoms with E-state index in [-0.39, 0.29) is 5.91 Å². The highest BCUT2D eigenvalue weighted by atomic mass is 16.5. The van der Waals surface area contributed by atoms with Gasteiger partial charge >= 0.3 is 0 Å². The summed E-state index contributed by atoms with van der Waals surface area (Å²) in [7, 11) is 0. The SMILES string of the molecule is Cc1nc2cc(-c3ccc4ncc(C(=O)N5CCOCC5)n4c3)cc(C)c2o1. The first kappa shape index (κ1) is 16.9. The summed E-state index contributed by atoms with van der Waals surface area (Å²) in [5.74, 6) is 0.630. The van der Waals surface area contributed by atoms with Crippen molar-refractivity contribution in [3.8, 4) is 11.1 Å². The van der Waals surface area contributed by atoms with Gasteiger partial charge < -0.3 is 14.1 Å². The van der Waals surface area contributed by atoms with Crippen molar-refractivity contribution in [2.45, 2.75) is 13.8 Å². The minimum Gasteiger partial charge on any atom is -0.441 e. The molecule has 0 spiro atoms. The van der Waals surface area contributed by atoms with Crippen LogP contribution in [0.4, 0.5) is 0 Å². The largest absolute Gasteiger partial charge is 0.441 e. The minimum absolute atomic E-state index is 0.0216. The monoisotopic (exact) mass is 376 g/mol. The summed E-state index contributed by atoms with van der Waals surface area (Å²) in [4.78, 5) is 23.6. The van der Waals surface area contributed by atoms with Gasteiger partial charge in [-0.05, 0) is 47.9 Å². The molecule has 7 nitrogen and oxygen atoms in total. The number of carbonyl (C=O) groups is 1. The molecule has 1 saturated heterocycles. The number of aromatic nitrogens is 3. The fourth-order valence-electron chi connectivity index (χ4n) is 3.72. The number of imidazole rings is 1. The van der Waals surface area contributed by atoms with Gasteiger partial charge in [0.2, 0.25) is 0 Å². The second-order valence-electron chi connectivity index (χ2n) is 7.07. The Morgan fingerprint density at radius 1 is 1.11 bits per heavy atom. The Morgan fingerprint density at radius 2 is 1.93 bits per heavy atom. The molecule has 0 radical (unpaired) electrons. The molecule has 1 fully saturated rings. The number of morpholine rings is 1. The Hall–Kier alpha value is -3.19. The van der Waals surface area contributed by atoms with Gasteiger partial charge in [0.05, 0.1) is 19.4 Å². The number of nitrogens with zero attached hydrogens (tertiary/aromatic N) is 4. The van der Waals surface area contributed by atoms with Crippen LogP contribution in [0, 0.1) is 13.8 Å². The third-order valence-corrected chi connectivity index (χ3v) is 5.14.